The molecule has 10 nitrogen and oxygen atoms in total. The van der Waals surface area contributed by atoms with Crippen LogP contribution in [0.2, 0.25) is 0 Å². The predicted molar refractivity (Wildman–Crippen MR) is 146 cm³/mol. The van der Waals surface area contributed by atoms with Gasteiger partial charge in [0.1, 0.15) is 11.4 Å². The number of pyridine rings is 1. The van der Waals surface area contributed by atoms with Crippen molar-refractivity contribution in [1.29, 1.82) is 0 Å². The van der Waals surface area contributed by atoms with Gasteiger partial charge in [-0.25, -0.2) is 14.4 Å². The fraction of sp³-hybridized carbons (Fsp3) is 0.370. The van der Waals surface area contributed by atoms with Gasteiger partial charge in [0.05, 0.1) is 23.3 Å². The number of aromatic nitrogens is 4. The number of fused-ring (bicyclic) bond motifs is 1. The largest absolute Gasteiger partial charge is 0.384 e. The van der Waals surface area contributed by atoms with E-state index in [1.54, 1.807) is 36.6 Å². The molecule has 3 aromatic heterocycles. The minimum absolute atomic E-state index is 0.0661. The number of aliphatic hydroxyl groups is 1. The molecule has 1 saturated heterocycles. The molecule has 1 aromatic carbocycles. The number of nitrogens with zero attached hydrogens (tertiary/aromatic N) is 7. The van der Waals surface area contributed by atoms with Crippen molar-refractivity contribution >= 4 is 28.4 Å². The Kier molecular flexibility index (Phi) is 7.04. The molecule has 38 heavy (non-hydrogen) atoms. The zero-order valence-electron chi connectivity index (χ0n) is 21.7. The maximum absolute atomic E-state index is 15.5. The second kappa shape index (κ2) is 10.4. The van der Waals surface area contributed by atoms with E-state index in [4.69, 9.17) is 0 Å². The van der Waals surface area contributed by atoms with Crippen molar-refractivity contribution in [2.75, 3.05) is 50.0 Å². The first-order valence-corrected chi connectivity index (χ1v) is 12.6. The Bertz CT molecular complexity index is 1440. The van der Waals surface area contributed by atoms with Gasteiger partial charge in [0, 0.05) is 50.2 Å². The van der Waals surface area contributed by atoms with Crippen molar-refractivity contribution in [3.8, 4) is 5.82 Å². The number of piperazine rings is 1. The number of halogens is 1. The van der Waals surface area contributed by atoms with Crippen LogP contribution in [-0.4, -0.2) is 69.3 Å². The van der Waals surface area contributed by atoms with Crippen LogP contribution in [0, 0.1) is 10.7 Å². The Balaban J connectivity index is 1.50. The van der Waals surface area contributed by atoms with Gasteiger partial charge >= 0.3 is 0 Å². The summed E-state index contributed by atoms with van der Waals surface area (Å²) in [6, 6.07) is 13.2. The van der Waals surface area contributed by atoms with Gasteiger partial charge in [0.15, 0.2) is 11.5 Å². The molecule has 4 heterocycles. The Morgan fingerprint density at radius 3 is 2.50 bits per heavy atom. The van der Waals surface area contributed by atoms with Gasteiger partial charge in [-0.2, -0.15) is 9.89 Å². The number of nitrogens with one attached hydrogen (secondary N) is 1. The van der Waals surface area contributed by atoms with Crippen molar-refractivity contribution in [2.24, 2.45) is 5.18 Å². The van der Waals surface area contributed by atoms with E-state index >= 15 is 4.39 Å². The highest BCUT2D eigenvalue weighted by atomic mass is 19.1. The SMILES string of the molecule is CN1CCN(c2ccc(Nc3ncc4c(F)c(CCN=O)n(-c5cccc(C(C)(C)O)n5)c4n3)cc2)CC1. The van der Waals surface area contributed by atoms with E-state index in [1.807, 2.05) is 12.1 Å². The van der Waals surface area contributed by atoms with Crippen LogP contribution in [0.3, 0.4) is 0 Å². The molecule has 0 atom stereocenters. The van der Waals surface area contributed by atoms with E-state index in [-0.39, 0.29) is 24.0 Å². The lowest BCUT2D eigenvalue weighted by Gasteiger charge is -2.34. The van der Waals surface area contributed by atoms with Gasteiger partial charge in [0.2, 0.25) is 5.95 Å². The van der Waals surface area contributed by atoms with Crippen LogP contribution in [0.4, 0.5) is 21.7 Å². The molecule has 0 radical (unpaired) electrons. The summed E-state index contributed by atoms with van der Waals surface area (Å²) in [7, 11) is 2.13. The molecule has 0 bridgehead atoms. The van der Waals surface area contributed by atoms with Crippen molar-refractivity contribution in [3.05, 3.63) is 70.8 Å². The number of rotatable bonds is 8. The minimum Gasteiger partial charge on any atom is -0.384 e. The Morgan fingerprint density at radius 2 is 1.82 bits per heavy atom. The topological polar surface area (TPSA) is 112 Å². The van der Waals surface area contributed by atoms with Crippen molar-refractivity contribution < 1.29 is 9.50 Å². The number of nitroso groups, excluding NO2 is 1. The molecular weight excluding hydrogens is 487 g/mol. The van der Waals surface area contributed by atoms with Crippen molar-refractivity contribution in [1.82, 2.24) is 24.4 Å². The highest BCUT2D eigenvalue weighted by molar-refractivity contribution is 5.81. The lowest BCUT2D eigenvalue weighted by molar-refractivity contribution is 0.0738. The summed E-state index contributed by atoms with van der Waals surface area (Å²) in [6.07, 6.45) is 1.49. The number of likely N-dealkylation sites (N-methyl/N-ethyl adjacent to an activating group) is 1. The summed E-state index contributed by atoms with van der Waals surface area (Å²) in [5.41, 5.74) is 1.71. The van der Waals surface area contributed by atoms with Gasteiger partial charge in [-0.1, -0.05) is 11.2 Å². The third-order valence-corrected chi connectivity index (χ3v) is 6.76. The zero-order valence-corrected chi connectivity index (χ0v) is 21.7. The maximum atomic E-state index is 15.5. The van der Waals surface area contributed by atoms with Gasteiger partial charge < -0.3 is 20.2 Å². The predicted octanol–water partition coefficient (Wildman–Crippen LogP) is 3.99. The van der Waals surface area contributed by atoms with E-state index in [1.165, 1.54) is 6.20 Å². The first-order valence-electron chi connectivity index (χ1n) is 12.6. The molecule has 1 fully saturated rings. The number of benzene rings is 1. The number of hydrogen-bond donors (Lipinski definition) is 2. The summed E-state index contributed by atoms with van der Waals surface area (Å²) >= 11 is 0. The monoisotopic (exact) mass is 518 g/mol. The lowest BCUT2D eigenvalue weighted by atomic mass is 10.1. The number of hydrogen-bond acceptors (Lipinski definition) is 9. The highest BCUT2D eigenvalue weighted by Gasteiger charge is 2.24. The Morgan fingerprint density at radius 1 is 1.08 bits per heavy atom. The minimum atomic E-state index is -1.19. The summed E-state index contributed by atoms with van der Waals surface area (Å²) in [6.45, 7) is 7.18. The number of anilines is 3. The van der Waals surface area contributed by atoms with E-state index in [2.05, 4.69) is 54.4 Å². The molecule has 1 aliphatic rings. The second-order valence-electron chi connectivity index (χ2n) is 10.0. The van der Waals surface area contributed by atoms with E-state index in [9.17, 15) is 10.0 Å². The van der Waals surface area contributed by atoms with Crippen LogP contribution < -0.4 is 10.2 Å². The molecule has 198 valence electrons. The first kappa shape index (κ1) is 25.7. The molecule has 1 aliphatic heterocycles. The van der Waals surface area contributed by atoms with Gasteiger partial charge in [0.25, 0.3) is 0 Å². The van der Waals surface area contributed by atoms with Crippen LogP contribution >= 0.6 is 0 Å². The van der Waals surface area contributed by atoms with E-state index < -0.39 is 11.4 Å². The normalized spacial score (nSPS) is 14.7. The summed E-state index contributed by atoms with van der Waals surface area (Å²) in [5, 5.41) is 16.8. The molecular formula is C27H31FN8O2. The molecule has 2 N–H and O–H groups in total. The third kappa shape index (κ3) is 5.20. The molecule has 0 saturated carbocycles. The highest BCUT2D eigenvalue weighted by Crippen LogP contribution is 2.29. The maximum Gasteiger partial charge on any atom is 0.229 e. The lowest BCUT2D eigenvalue weighted by Crippen LogP contribution is -2.44. The molecule has 0 amide bonds. The molecule has 4 aromatic rings. The van der Waals surface area contributed by atoms with E-state index in [0.717, 1.165) is 37.6 Å². The van der Waals surface area contributed by atoms with Crippen LogP contribution in [0.5, 0.6) is 0 Å². The van der Waals surface area contributed by atoms with Crippen LogP contribution in [0.25, 0.3) is 16.9 Å². The fourth-order valence-corrected chi connectivity index (χ4v) is 4.60. The zero-order chi connectivity index (χ0) is 26.9. The first-order chi connectivity index (χ1) is 18.2. The van der Waals surface area contributed by atoms with Crippen LogP contribution in [0.15, 0.2) is 53.8 Å². The van der Waals surface area contributed by atoms with Crippen molar-refractivity contribution in [2.45, 2.75) is 25.9 Å². The summed E-state index contributed by atoms with van der Waals surface area (Å²) in [5.74, 6) is 0.144. The van der Waals surface area contributed by atoms with Gasteiger partial charge in [-0.05, 0) is 57.3 Å². The van der Waals surface area contributed by atoms with Crippen LogP contribution in [0.1, 0.15) is 25.2 Å². The standard InChI is InChI=1S/C27H31FN8O2/c1-27(2,37)22-5-4-6-23(32-22)36-21(11-12-30-38)24(28)20-17-29-26(33-25(20)36)31-18-7-9-19(10-8-18)35-15-13-34(3)14-16-35/h4-10,17,37H,11-16H2,1-3H3,(H,29,31,33). The Labute approximate surface area is 220 Å². The van der Waals surface area contributed by atoms with Crippen molar-refractivity contribution in [3.63, 3.8) is 0 Å². The molecule has 0 unspecified atom stereocenters. The second-order valence-corrected chi connectivity index (χ2v) is 10.0. The molecule has 0 aliphatic carbocycles. The van der Waals surface area contributed by atoms with Crippen LogP contribution in [-0.2, 0) is 12.0 Å². The molecule has 5 rings (SSSR count). The Hall–Kier alpha value is -3.96. The average molecular weight is 519 g/mol. The smallest absolute Gasteiger partial charge is 0.229 e. The van der Waals surface area contributed by atoms with Gasteiger partial charge in [-0.15, -0.1) is 0 Å². The summed E-state index contributed by atoms with van der Waals surface area (Å²) < 4.78 is 17.1. The average Bonchev–Trinajstić information content (AvgIpc) is 3.18. The molecule has 0 spiro atoms. The van der Waals surface area contributed by atoms with E-state index in [0.29, 0.717) is 23.1 Å². The summed E-state index contributed by atoms with van der Waals surface area (Å²) in [4.78, 5) is 29.1. The van der Waals surface area contributed by atoms with Gasteiger partial charge in [-0.3, -0.25) is 4.57 Å². The quantitative estimate of drug-likeness (QED) is 0.337. The third-order valence-electron chi connectivity index (χ3n) is 6.76. The molecule has 11 heteroatoms. The fourth-order valence-electron chi connectivity index (χ4n) is 4.60.